The number of nitrogens with zero attached hydrogens (tertiary/aromatic N) is 2. The van der Waals surface area contributed by atoms with Gasteiger partial charge in [0.15, 0.2) is 22.1 Å². The Labute approximate surface area is 228 Å². The van der Waals surface area contributed by atoms with Crippen LogP contribution in [-0.4, -0.2) is 36.7 Å². The minimum atomic E-state index is -0.887. The number of hydrogen-bond acceptors (Lipinski definition) is 9. The highest BCUT2D eigenvalue weighted by atomic mass is 32.1. The molecule has 1 unspecified atom stereocenters. The number of carbonyl (C=O) groups excluding carboxylic acids is 2. The number of fused-ring (bicyclic) bond motifs is 2. The Hall–Kier alpha value is -4.44. The number of esters is 1. The van der Waals surface area contributed by atoms with E-state index in [1.54, 1.807) is 62.4 Å². The summed E-state index contributed by atoms with van der Waals surface area (Å²) in [4.78, 5) is 46.4. The zero-order valence-corrected chi connectivity index (χ0v) is 22.5. The van der Waals surface area contributed by atoms with Crippen molar-refractivity contribution < 1.29 is 28.2 Å². The number of hydrogen-bond donors (Lipinski definition) is 0. The molecule has 0 radical (unpaired) electrons. The highest BCUT2D eigenvalue weighted by Crippen LogP contribution is 2.45. The Kier molecular flexibility index (Phi) is 7.21. The highest BCUT2D eigenvalue weighted by Gasteiger charge is 2.45. The predicted molar refractivity (Wildman–Crippen MR) is 147 cm³/mol. The summed E-state index contributed by atoms with van der Waals surface area (Å²) in [5, 5.41) is 0.597. The van der Waals surface area contributed by atoms with Gasteiger partial charge in [-0.3, -0.25) is 14.5 Å². The normalized spacial score (nSPS) is 14.4. The summed E-state index contributed by atoms with van der Waals surface area (Å²) in [6, 6.07) is 11.1. The van der Waals surface area contributed by atoms with Gasteiger partial charge in [0, 0.05) is 0 Å². The van der Waals surface area contributed by atoms with Crippen LogP contribution in [0.3, 0.4) is 0 Å². The van der Waals surface area contributed by atoms with Gasteiger partial charge in [-0.05, 0) is 50.6 Å². The van der Waals surface area contributed by atoms with Crippen LogP contribution in [0.15, 0.2) is 64.3 Å². The summed E-state index contributed by atoms with van der Waals surface area (Å²) < 4.78 is 22.7. The fourth-order valence-electron chi connectivity index (χ4n) is 4.53. The maximum atomic E-state index is 13.9. The Balaban J connectivity index is 1.73. The number of para-hydroxylation sites is 1. The molecule has 0 saturated heterocycles. The first-order valence-electron chi connectivity index (χ1n) is 12.4. The second-order valence-electron chi connectivity index (χ2n) is 8.62. The largest absolute Gasteiger partial charge is 0.490 e. The average Bonchev–Trinajstić information content (AvgIpc) is 3.45. The van der Waals surface area contributed by atoms with Crippen molar-refractivity contribution in [2.24, 2.45) is 0 Å². The van der Waals surface area contributed by atoms with Crippen molar-refractivity contribution in [1.82, 2.24) is 4.98 Å². The molecule has 10 heteroatoms. The van der Waals surface area contributed by atoms with Crippen molar-refractivity contribution in [2.45, 2.75) is 26.8 Å². The van der Waals surface area contributed by atoms with E-state index in [1.807, 2.05) is 6.92 Å². The quantitative estimate of drug-likeness (QED) is 0.202. The number of carbonyl (C=O) groups is 2. The molecular weight excluding hydrogens is 520 g/mol. The molecule has 3 heterocycles. The summed E-state index contributed by atoms with van der Waals surface area (Å²) >= 11 is 1.03. The van der Waals surface area contributed by atoms with E-state index in [0.717, 1.165) is 11.3 Å². The van der Waals surface area contributed by atoms with Crippen molar-refractivity contribution in [3.63, 3.8) is 0 Å². The number of aryl methyl sites for hydroxylation is 1. The number of thiazole rings is 1. The van der Waals surface area contributed by atoms with Gasteiger partial charge in [0.25, 0.3) is 5.91 Å². The van der Waals surface area contributed by atoms with Crippen LogP contribution in [0, 0.1) is 6.92 Å². The van der Waals surface area contributed by atoms with E-state index in [4.69, 9.17) is 18.6 Å². The van der Waals surface area contributed by atoms with E-state index < -0.39 is 17.9 Å². The van der Waals surface area contributed by atoms with E-state index in [1.165, 1.54) is 4.90 Å². The average molecular weight is 547 g/mol. The molecule has 1 amide bonds. The third kappa shape index (κ3) is 4.57. The fourth-order valence-corrected chi connectivity index (χ4v) is 5.52. The molecule has 0 fully saturated rings. The first-order valence-corrected chi connectivity index (χ1v) is 13.2. The molecule has 4 aromatic rings. The zero-order valence-electron chi connectivity index (χ0n) is 21.7. The lowest BCUT2D eigenvalue weighted by molar-refractivity contribution is 0.0531. The maximum absolute atomic E-state index is 13.9. The van der Waals surface area contributed by atoms with Gasteiger partial charge >= 0.3 is 5.97 Å². The van der Waals surface area contributed by atoms with Crippen LogP contribution < -0.4 is 19.8 Å². The van der Waals surface area contributed by atoms with Crippen LogP contribution in [0.1, 0.15) is 56.9 Å². The third-order valence-electron chi connectivity index (χ3n) is 6.17. The molecule has 0 bridgehead atoms. The van der Waals surface area contributed by atoms with Gasteiger partial charge in [-0.2, -0.15) is 0 Å². The van der Waals surface area contributed by atoms with Crippen LogP contribution in [0.4, 0.5) is 5.13 Å². The van der Waals surface area contributed by atoms with Crippen LogP contribution >= 0.6 is 11.3 Å². The molecule has 5 rings (SSSR count). The molecule has 2 aromatic heterocycles. The van der Waals surface area contributed by atoms with Gasteiger partial charge in [-0.1, -0.05) is 42.2 Å². The van der Waals surface area contributed by atoms with Gasteiger partial charge in [0.2, 0.25) is 5.76 Å². The van der Waals surface area contributed by atoms with Crippen LogP contribution in [0.5, 0.6) is 11.5 Å². The number of anilines is 1. The third-order valence-corrected chi connectivity index (χ3v) is 7.31. The molecular formula is C29H26N2O7S. The lowest BCUT2D eigenvalue weighted by Gasteiger charge is -2.23. The Bertz CT molecular complexity index is 1660. The van der Waals surface area contributed by atoms with Crippen LogP contribution in [0.25, 0.3) is 11.0 Å². The topological polar surface area (TPSA) is 108 Å². The number of benzene rings is 2. The van der Waals surface area contributed by atoms with Crippen molar-refractivity contribution in [1.29, 1.82) is 0 Å². The predicted octanol–water partition coefficient (Wildman–Crippen LogP) is 5.45. The fraction of sp³-hybridized carbons (Fsp3) is 0.241. The van der Waals surface area contributed by atoms with E-state index in [0.29, 0.717) is 40.3 Å². The molecule has 39 heavy (non-hydrogen) atoms. The van der Waals surface area contributed by atoms with Gasteiger partial charge < -0.3 is 18.6 Å². The molecule has 1 aliphatic heterocycles. The smallest absolute Gasteiger partial charge is 0.350 e. The van der Waals surface area contributed by atoms with Crippen molar-refractivity contribution in [2.75, 3.05) is 24.7 Å². The van der Waals surface area contributed by atoms with E-state index in [9.17, 15) is 14.4 Å². The van der Waals surface area contributed by atoms with E-state index in [2.05, 4.69) is 11.6 Å². The standard InChI is InChI=1S/C29H26N2O7S/c1-5-14-37-20-13-12-17(15-21(20)35-6-2)23-22-24(32)18-10-8-9-11-19(18)38-25(22)27(33)31(23)29-30-16(4)26(39-29)28(34)36-7-3/h5,8-13,15,23H,1,6-7,14H2,2-4H3. The molecule has 0 spiro atoms. The highest BCUT2D eigenvalue weighted by molar-refractivity contribution is 7.17. The van der Waals surface area contributed by atoms with Crippen LogP contribution in [0.2, 0.25) is 0 Å². The first-order chi connectivity index (χ1) is 18.9. The maximum Gasteiger partial charge on any atom is 0.350 e. The summed E-state index contributed by atoms with van der Waals surface area (Å²) in [6.07, 6.45) is 1.62. The van der Waals surface area contributed by atoms with Crippen molar-refractivity contribution in [3.05, 3.63) is 92.8 Å². The second kappa shape index (κ2) is 10.7. The Morgan fingerprint density at radius 2 is 1.92 bits per heavy atom. The van der Waals surface area contributed by atoms with Crippen LogP contribution in [-0.2, 0) is 4.74 Å². The number of rotatable bonds is 9. The van der Waals surface area contributed by atoms with Gasteiger partial charge in [0.05, 0.1) is 35.9 Å². The van der Waals surface area contributed by atoms with Gasteiger partial charge in [-0.15, -0.1) is 0 Å². The summed E-state index contributed by atoms with van der Waals surface area (Å²) in [7, 11) is 0. The number of ether oxygens (including phenoxy) is 3. The van der Waals surface area contributed by atoms with E-state index in [-0.39, 0.29) is 40.0 Å². The second-order valence-corrected chi connectivity index (χ2v) is 9.60. The van der Waals surface area contributed by atoms with Gasteiger partial charge in [0.1, 0.15) is 17.1 Å². The number of amides is 1. The molecule has 0 aliphatic carbocycles. The number of aromatic nitrogens is 1. The first kappa shape index (κ1) is 26.2. The lowest BCUT2D eigenvalue weighted by atomic mass is 9.98. The molecule has 0 saturated carbocycles. The minimum Gasteiger partial charge on any atom is -0.490 e. The molecule has 2 aromatic carbocycles. The molecule has 1 atom stereocenters. The summed E-state index contributed by atoms with van der Waals surface area (Å²) in [6.45, 7) is 9.77. The summed E-state index contributed by atoms with van der Waals surface area (Å²) in [5.41, 5.74) is 1.18. The van der Waals surface area contributed by atoms with Crippen molar-refractivity contribution >= 4 is 39.3 Å². The molecule has 9 nitrogen and oxygen atoms in total. The SMILES string of the molecule is C=CCOc1ccc(C2c3c(oc4ccccc4c3=O)C(=O)N2c2nc(C)c(C(=O)OCC)s2)cc1OCC. The van der Waals surface area contributed by atoms with Gasteiger partial charge in [-0.25, -0.2) is 9.78 Å². The monoisotopic (exact) mass is 546 g/mol. The Morgan fingerprint density at radius 1 is 1.13 bits per heavy atom. The Morgan fingerprint density at radius 3 is 2.67 bits per heavy atom. The van der Waals surface area contributed by atoms with Crippen molar-refractivity contribution in [3.8, 4) is 11.5 Å². The molecule has 1 aliphatic rings. The zero-order chi connectivity index (χ0) is 27.7. The minimum absolute atomic E-state index is 0.0702. The van der Waals surface area contributed by atoms with E-state index >= 15 is 0 Å². The summed E-state index contributed by atoms with van der Waals surface area (Å²) in [5.74, 6) is -0.185. The molecule has 200 valence electrons. The molecule has 0 N–H and O–H groups in total. The lowest BCUT2D eigenvalue weighted by Crippen LogP contribution is -2.29.